The van der Waals surface area contributed by atoms with Crippen molar-refractivity contribution in [1.29, 1.82) is 0 Å². The highest BCUT2D eigenvalue weighted by Gasteiger charge is 2.12. The summed E-state index contributed by atoms with van der Waals surface area (Å²) in [5.74, 6) is 0.472. The molecule has 2 heterocycles. The van der Waals surface area contributed by atoms with Crippen molar-refractivity contribution in [3.63, 3.8) is 0 Å². The van der Waals surface area contributed by atoms with Gasteiger partial charge in [0, 0.05) is 29.9 Å². The zero-order valence-corrected chi connectivity index (χ0v) is 18.5. The summed E-state index contributed by atoms with van der Waals surface area (Å²) in [6.45, 7) is 0.762. The normalized spacial score (nSPS) is 10.6. The Balaban J connectivity index is 1.40. The Morgan fingerprint density at radius 3 is 2.74 bits per heavy atom. The molecule has 0 bridgehead atoms. The van der Waals surface area contributed by atoms with Gasteiger partial charge in [0.1, 0.15) is 23.1 Å². The van der Waals surface area contributed by atoms with Gasteiger partial charge in [-0.15, -0.1) is 11.3 Å². The summed E-state index contributed by atoms with van der Waals surface area (Å²) in [5, 5.41) is 6.35. The Bertz CT molecular complexity index is 1200. The van der Waals surface area contributed by atoms with Crippen molar-refractivity contribution < 1.29 is 9.53 Å². The van der Waals surface area contributed by atoms with E-state index in [4.69, 9.17) is 27.9 Å². The van der Waals surface area contributed by atoms with Crippen LogP contribution in [0.3, 0.4) is 0 Å². The van der Waals surface area contributed by atoms with Crippen LogP contribution in [-0.2, 0) is 13.2 Å². The number of amides is 1. The van der Waals surface area contributed by atoms with Crippen LogP contribution in [0.25, 0.3) is 10.6 Å². The van der Waals surface area contributed by atoms with Crippen LogP contribution in [0.15, 0.2) is 72.4 Å². The molecule has 0 saturated heterocycles. The molecule has 0 fully saturated rings. The van der Waals surface area contributed by atoms with E-state index >= 15 is 0 Å². The van der Waals surface area contributed by atoms with Crippen LogP contribution in [0.1, 0.15) is 21.6 Å². The predicted molar refractivity (Wildman–Crippen MR) is 124 cm³/mol. The third-order valence-corrected chi connectivity index (χ3v) is 6.01. The minimum absolute atomic E-state index is 0.224. The van der Waals surface area contributed by atoms with Crippen molar-refractivity contribution in [2.75, 3.05) is 0 Å². The van der Waals surface area contributed by atoms with Crippen LogP contribution in [-0.4, -0.2) is 15.9 Å². The summed E-state index contributed by atoms with van der Waals surface area (Å²) in [6, 6.07) is 16.7. The average molecular weight is 470 g/mol. The molecule has 4 rings (SSSR count). The number of carbonyl (C=O) groups is 1. The molecular weight excluding hydrogens is 453 g/mol. The number of halogens is 2. The van der Waals surface area contributed by atoms with E-state index in [9.17, 15) is 4.79 Å². The maximum atomic E-state index is 12.4. The molecule has 0 unspecified atom stereocenters. The molecule has 31 heavy (non-hydrogen) atoms. The monoisotopic (exact) mass is 469 g/mol. The zero-order valence-electron chi connectivity index (χ0n) is 16.2. The summed E-state index contributed by atoms with van der Waals surface area (Å²) < 4.78 is 5.88. The van der Waals surface area contributed by atoms with E-state index in [-0.39, 0.29) is 5.91 Å². The maximum Gasteiger partial charge on any atom is 0.271 e. The van der Waals surface area contributed by atoms with Crippen molar-refractivity contribution in [1.82, 2.24) is 15.3 Å². The average Bonchev–Trinajstić information content (AvgIpc) is 3.30. The number of nitrogens with zero attached hydrogens (tertiary/aromatic N) is 2. The molecule has 4 aromatic rings. The SMILES string of the molecule is O=C(NCc1cccnc1)c1csc(-c2cccc(OCc3ccc(Cl)c(Cl)c3)c2)n1. The first-order valence-electron chi connectivity index (χ1n) is 9.38. The van der Waals surface area contributed by atoms with Gasteiger partial charge in [0.25, 0.3) is 5.91 Å². The fraction of sp³-hybridized carbons (Fsp3) is 0.0870. The van der Waals surface area contributed by atoms with E-state index in [1.807, 2.05) is 42.5 Å². The standard InChI is InChI=1S/C23H17Cl2N3O2S/c24-19-7-6-15(9-20(19)25)13-30-18-5-1-4-17(10-18)23-28-21(14-31-23)22(29)27-12-16-3-2-8-26-11-16/h1-11,14H,12-13H2,(H,27,29). The number of ether oxygens (including phenoxy) is 1. The number of pyridine rings is 1. The third-order valence-electron chi connectivity index (χ3n) is 4.38. The molecule has 0 aliphatic carbocycles. The van der Waals surface area contributed by atoms with Crippen LogP contribution in [0.2, 0.25) is 10.0 Å². The lowest BCUT2D eigenvalue weighted by molar-refractivity contribution is 0.0946. The highest BCUT2D eigenvalue weighted by molar-refractivity contribution is 7.13. The van der Waals surface area contributed by atoms with Crippen LogP contribution in [0, 0.1) is 0 Å². The van der Waals surface area contributed by atoms with Crippen LogP contribution in [0.5, 0.6) is 5.75 Å². The van der Waals surface area contributed by atoms with E-state index in [1.54, 1.807) is 29.9 Å². The van der Waals surface area contributed by atoms with Gasteiger partial charge >= 0.3 is 0 Å². The van der Waals surface area contributed by atoms with Crippen molar-refractivity contribution in [3.05, 3.63) is 99.2 Å². The number of aromatic nitrogens is 2. The molecule has 0 aliphatic heterocycles. The van der Waals surface area contributed by atoms with Crippen LogP contribution in [0.4, 0.5) is 0 Å². The topological polar surface area (TPSA) is 64.1 Å². The number of carbonyl (C=O) groups excluding carboxylic acids is 1. The molecule has 0 radical (unpaired) electrons. The molecule has 0 saturated carbocycles. The molecule has 8 heteroatoms. The minimum atomic E-state index is -0.224. The number of hydrogen-bond donors (Lipinski definition) is 1. The predicted octanol–water partition coefficient (Wildman–Crippen LogP) is 6.02. The number of hydrogen-bond acceptors (Lipinski definition) is 5. The van der Waals surface area contributed by atoms with Crippen molar-refractivity contribution in [2.45, 2.75) is 13.2 Å². The molecule has 0 spiro atoms. The summed E-state index contributed by atoms with van der Waals surface area (Å²) in [5.41, 5.74) is 3.11. The van der Waals surface area contributed by atoms with Gasteiger partial charge in [0.05, 0.1) is 10.0 Å². The highest BCUT2D eigenvalue weighted by Crippen LogP contribution is 2.28. The van der Waals surface area contributed by atoms with E-state index in [0.29, 0.717) is 34.6 Å². The summed E-state index contributed by atoms with van der Waals surface area (Å²) >= 11 is 13.4. The summed E-state index contributed by atoms with van der Waals surface area (Å²) in [7, 11) is 0. The second kappa shape index (κ2) is 9.92. The molecule has 0 atom stereocenters. The second-order valence-electron chi connectivity index (χ2n) is 6.65. The number of benzene rings is 2. The Hall–Kier alpha value is -2.93. The van der Waals surface area contributed by atoms with Crippen molar-refractivity contribution in [2.24, 2.45) is 0 Å². The fourth-order valence-corrected chi connectivity index (χ4v) is 3.92. The van der Waals surface area contributed by atoms with Gasteiger partial charge in [-0.05, 0) is 41.5 Å². The summed E-state index contributed by atoms with van der Waals surface area (Å²) in [4.78, 5) is 20.9. The Labute approximate surface area is 193 Å². The molecule has 2 aromatic heterocycles. The molecule has 1 amide bonds. The van der Waals surface area contributed by atoms with Gasteiger partial charge in [-0.1, -0.05) is 47.5 Å². The number of nitrogens with one attached hydrogen (secondary N) is 1. The van der Waals surface area contributed by atoms with Gasteiger partial charge in [-0.3, -0.25) is 9.78 Å². The zero-order chi connectivity index (χ0) is 21.6. The maximum absolute atomic E-state index is 12.4. The van der Waals surface area contributed by atoms with Crippen LogP contribution >= 0.6 is 34.5 Å². The molecule has 2 aromatic carbocycles. The Morgan fingerprint density at radius 1 is 1.03 bits per heavy atom. The smallest absolute Gasteiger partial charge is 0.271 e. The Morgan fingerprint density at radius 2 is 1.94 bits per heavy atom. The lowest BCUT2D eigenvalue weighted by Crippen LogP contribution is -2.23. The number of rotatable bonds is 7. The summed E-state index contributed by atoms with van der Waals surface area (Å²) in [6.07, 6.45) is 3.41. The van der Waals surface area contributed by atoms with Gasteiger partial charge in [0.15, 0.2) is 0 Å². The first-order valence-corrected chi connectivity index (χ1v) is 11.0. The first kappa shape index (κ1) is 21.3. The van der Waals surface area contributed by atoms with E-state index in [2.05, 4.69) is 15.3 Å². The fourth-order valence-electron chi connectivity index (χ4n) is 2.80. The van der Waals surface area contributed by atoms with Gasteiger partial charge in [0.2, 0.25) is 0 Å². The Kier molecular flexibility index (Phi) is 6.82. The molecular formula is C23H17Cl2N3O2S. The molecule has 1 N–H and O–H groups in total. The number of thiazole rings is 1. The molecule has 156 valence electrons. The highest BCUT2D eigenvalue weighted by atomic mass is 35.5. The van der Waals surface area contributed by atoms with Gasteiger partial charge in [-0.2, -0.15) is 0 Å². The van der Waals surface area contributed by atoms with Crippen molar-refractivity contribution in [3.8, 4) is 16.3 Å². The van der Waals surface area contributed by atoms with E-state index < -0.39 is 0 Å². The first-order chi connectivity index (χ1) is 15.1. The third kappa shape index (κ3) is 5.61. The van der Waals surface area contributed by atoms with E-state index in [1.165, 1.54) is 11.3 Å². The quantitative estimate of drug-likeness (QED) is 0.359. The van der Waals surface area contributed by atoms with Crippen molar-refractivity contribution >= 4 is 40.4 Å². The van der Waals surface area contributed by atoms with Crippen LogP contribution < -0.4 is 10.1 Å². The second-order valence-corrected chi connectivity index (χ2v) is 8.32. The van der Waals surface area contributed by atoms with E-state index in [0.717, 1.165) is 21.7 Å². The minimum Gasteiger partial charge on any atom is -0.489 e. The van der Waals surface area contributed by atoms with Gasteiger partial charge in [-0.25, -0.2) is 4.98 Å². The lowest BCUT2D eigenvalue weighted by Gasteiger charge is -2.08. The lowest BCUT2D eigenvalue weighted by atomic mass is 10.2. The molecule has 5 nitrogen and oxygen atoms in total. The van der Waals surface area contributed by atoms with Gasteiger partial charge < -0.3 is 10.1 Å². The molecule has 0 aliphatic rings. The largest absolute Gasteiger partial charge is 0.489 e.